The molecule has 1 amide bonds. The lowest BCUT2D eigenvalue weighted by Crippen LogP contribution is -2.28. The van der Waals surface area contributed by atoms with E-state index in [9.17, 15) is 14.0 Å². The average molecular weight is 464 g/mol. The van der Waals surface area contributed by atoms with Gasteiger partial charge in [-0.2, -0.15) is 0 Å². The smallest absolute Gasteiger partial charge is 0.271 e. The molecule has 0 unspecified atom stereocenters. The second-order valence-corrected chi connectivity index (χ2v) is 8.06. The summed E-state index contributed by atoms with van der Waals surface area (Å²) in [6.45, 7) is 2.03. The van der Waals surface area contributed by atoms with Gasteiger partial charge in [0, 0.05) is 38.5 Å². The third kappa shape index (κ3) is 5.06. The van der Waals surface area contributed by atoms with Crippen LogP contribution < -0.4 is 20.9 Å². The van der Waals surface area contributed by atoms with Crippen LogP contribution >= 0.6 is 0 Å². The molecule has 0 radical (unpaired) electrons. The quantitative estimate of drug-likeness (QED) is 0.255. The fourth-order valence-corrected chi connectivity index (χ4v) is 3.39. The maximum Gasteiger partial charge on any atom is 0.271 e. The number of anilines is 3. The first-order valence-corrected chi connectivity index (χ1v) is 10.8. The van der Waals surface area contributed by atoms with Gasteiger partial charge in [-0.15, -0.1) is 5.10 Å². The summed E-state index contributed by atoms with van der Waals surface area (Å²) in [5.41, 5.74) is 3.65. The lowest BCUT2D eigenvalue weighted by Gasteiger charge is -2.14. The van der Waals surface area contributed by atoms with Crippen LogP contribution in [0.4, 0.5) is 21.6 Å². The molecule has 3 aromatic rings. The van der Waals surface area contributed by atoms with Crippen LogP contribution in [0, 0.1) is 6.92 Å². The molecule has 2 heterocycles. The van der Waals surface area contributed by atoms with Crippen molar-refractivity contribution in [3.05, 3.63) is 71.8 Å². The SMILES string of the molecule is CNc1cc(N/C(C=O)=C/C=C\N(C)c2cccc(C)c2)nn2c(C(=O)N[C@@H]3C[C@@H]3F)cnc12. The molecule has 1 aromatic carbocycles. The maximum atomic E-state index is 13.2. The lowest BCUT2D eigenvalue weighted by atomic mass is 10.2. The Balaban J connectivity index is 1.55. The number of hydrogen-bond acceptors (Lipinski definition) is 7. The Bertz CT molecular complexity index is 1280. The number of nitrogens with zero attached hydrogens (tertiary/aromatic N) is 4. The van der Waals surface area contributed by atoms with E-state index >= 15 is 0 Å². The molecular weight excluding hydrogens is 437 g/mol. The monoisotopic (exact) mass is 463 g/mol. The minimum Gasteiger partial charge on any atom is -0.385 e. The molecule has 34 heavy (non-hydrogen) atoms. The number of carbonyl (C=O) groups is 2. The first-order valence-electron chi connectivity index (χ1n) is 10.8. The van der Waals surface area contributed by atoms with Crippen molar-refractivity contribution in [3.63, 3.8) is 0 Å². The highest BCUT2D eigenvalue weighted by atomic mass is 19.1. The number of aromatic nitrogens is 3. The van der Waals surface area contributed by atoms with Gasteiger partial charge in [-0.05, 0) is 36.8 Å². The van der Waals surface area contributed by atoms with Crippen LogP contribution in [0.15, 0.2) is 60.6 Å². The third-order valence-electron chi connectivity index (χ3n) is 5.39. The van der Waals surface area contributed by atoms with Crippen LogP contribution in [0.25, 0.3) is 5.65 Å². The van der Waals surface area contributed by atoms with Gasteiger partial charge in [0.15, 0.2) is 23.4 Å². The van der Waals surface area contributed by atoms with E-state index in [0.29, 0.717) is 29.9 Å². The summed E-state index contributed by atoms with van der Waals surface area (Å²) in [4.78, 5) is 30.4. The zero-order valence-corrected chi connectivity index (χ0v) is 19.1. The molecule has 1 aliphatic carbocycles. The molecular formula is C24H26FN7O2. The number of benzene rings is 1. The van der Waals surface area contributed by atoms with Crippen molar-refractivity contribution in [1.82, 2.24) is 19.9 Å². The number of halogens is 1. The van der Waals surface area contributed by atoms with Gasteiger partial charge < -0.3 is 20.9 Å². The van der Waals surface area contributed by atoms with E-state index in [4.69, 9.17) is 0 Å². The molecule has 4 rings (SSSR count). The van der Waals surface area contributed by atoms with Crippen LogP contribution in [-0.4, -0.2) is 53.1 Å². The number of rotatable bonds is 9. The van der Waals surface area contributed by atoms with Gasteiger partial charge in [0.05, 0.1) is 23.6 Å². The Hall–Kier alpha value is -4.21. The number of alkyl halides is 1. The molecule has 1 fully saturated rings. The molecule has 9 nitrogen and oxygen atoms in total. The van der Waals surface area contributed by atoms with Crippen molar-refractivity contribution in [3.8, 4) is 0 Å². The number of carbonyl (C=O) groups excluding carboxylic acids is 2. The first kappa shape index (κ1) is 23.0. The van der Waals surface area contributed by atoms with Crippen LogP contribution in [0.5, 0.6) is 0 Å². The van der Waals surface area contributed by atoms with E-state index in [1.54, 1.807) is 25.3 Å². The van der Waals surface area contributed by atoms with Crippen molar-refractivity contribution in [1.29, 1.82) is 0 Å². The zero-order chi connectivity index (χ0) is 24.2. The topological polar surface area (TPSA) is 104 Å². The van der Waals surface area contributed by atoms with Gasteiger partial charge in [-0.3, -0.25) is 9.59 Å². The third-order valence-corrected chi connectivity index (χ3v) is 5.39. The highest BCUT2D eigenvalue weighted by Crippen LogP contribution is 2.26. The van der Waals surface area contributed by atoms with Crippen LogP contribution in [0.3, 0.4) is 0 Å². The van der Waals surface area contributed by atoms with Crippen LogP contribution in [-0.2, 0) is 4.79 Å². The predicted molar refractivity (Wildman–Crippen MR) is 130 cm³/mol. The molecule has 0 spiro atoms. The molecule has 0 bridgehead atoms. The van der Waals surface area contributed by atoms with Crippen molar-refractivity contribution in [2.75, 3.05) is 29.6 Å². The zero-order valence-electron chi connectivity index (χ0n) is 19.1. The number of aldehydes is 1. The highest BCUT2D eigenvalue weighted by Gasteiger charge is 2.39. The standard InChI is InChI=1S/C24H26FN7O2/c1-15-6-4-8-17(10-15)31(3)9-5-7-16(14-33)28-22-12-20(26-2)23-27-13-21(32(23)30-22)24(34)29-19-11-18(19)25/h4-10,12-14,18-19,26H,11H2,1-3H3,(H,28,30)(H,29,34)/b9-5-,16-7+/t18-,19+/m0/s1. The summed E-state index contributed by atoms with van der Waals surface area (Å²) in [6, 6.07) is 9.27. The minimum atomic E-state index is -1.01. The van der Waals surface area contributed by atoms with E-state index in [0.717, 1.165) is 11.3 Å². The normalized spacial score (nSPS) is 17.6. The molecule has 3 N–H and O–H groups in total. The molecule has 1 aliphatic rings. The van der Waals surface area contributed by atoms with Crippen LogP contribution in [0.2, 0.25) is 0 Å². The van der Waals surface area contributed by atoms with Gasteiger partial charge in [-0.1, -0.05) is 12.1 Å². The Labute approximate surface area is 196 Å². The molecule has 0 saturated heterocycles. The van der Waals surface area contributed by atoms with Crippen molar-refractivity contribution < 1.29 is 14.0 Å². The Kier molecular flexibility index (Phi) is 6.58. The lowest BCUT2D eigenvalue weighted by molar-refractivity contribution is -0.104. The fraction of sp³-hybridized carbons (Fsp3) is 0.250. The number of allylic oxidation sites excluding steroid dienone is 3. The summed E-state index contributed by atoms with van der Waals surface area (Å²) in [6.07, 6.45) is 6.57. The van der Waals surface area contributed by atoms with Gasteiger partial charge in [0.2, 0.25) is 0 Å². The predicted octanol–water partition coefficient (Wildman–Crippen LogP) is 3.06. The van der Waals surface area contributed by atoms with E-state index in [2.05, 4.69) is 32.1 Å². The van der Waals surface area contributed by atoms with Crippen molar-refractivity contribution in [2.24, 2.45) is 0 Å². The number of aryl methyl sites for hydroxylation is 1. The molecule has 2 aromatic heterocycles. The van der Waals surface area contributed by atoms with E-state index in [1.165, 1.54) is 10.7 Å². The number of hydrogen-bond donors (Lipinski definition) is 3. The van der Waals surface area contributed by atoms with Crippen LogP contribution in [0.1, 0.15) is 22.5 Å². The highest BCUT2D eigenvalue weighted by molar-refractivity contribution is 5.94. The van der Waals surface area contributed by atoms with Crippen molar-refractivity contribution in [2.45, 2.75) is 25.6 Å². The van der Waals surface area contributed by atoms with Gasteiger partial charge >= 0.3 is 0 Å². The maximum absolute atomic E-state index is 13.2. The number of imidazole rings is 1. The summed E-state index contributed by atoms with van der Waals surface area (Å²) in [5.74, 6) is -0.130. The second kappa shape index (κ2) is 9.74. The largest absolute Gasteiger partial charge is 0.385 e. The Morgan fingerprint density at radius 3 is 2.79 bits per heavy atom. The van der Waals surface area contributed by atoms with E-state index in [1.807, 2.05) is 43.3 Å². The average Bonchev–Trinajstić information content (AvgIpc) is 3.34. The number of nitrogens with one attached hydrogen (secondary N) is 3. The number of amides is 1. The number of fused-ring (bicyclic) bond motifs is 1. The van der Waals surface area contributed by atoms with E-state index in [-0.39, 0.29) is 11.4 Å². The molecule has 176 valence electrons. The minimum absolute atomic E-state index is 0.172. The fourth-order valence-electron chi connectivity index (χ4n) is 3.39. The molecule has 0 aliphatic heterocycles. The summed E-state index contributed by atoms with van der Waals surface area (Å²) < 4.78 is 14.6. The van der Waals surface area contributed by atoms with Gasteiger partial charge in [0.25, 0.3) is 5.91 Å². The van der Waals surface area contributed by atoms with E-state index < -0.39 is 18.1 Å². The van der Waals surface area contributed by atoms with Gasteiger partial charge in [-0.25, -0.2) is 13.9 Å². The summed E-state index contributed by atoms with van der Waals surface area (Å²) >= 11 is 0. The Morgan fingerprint density at radius 2 is 2.12 bits per heavy atom. The summed E-state index contributed by atoms with van der Waals surface area (Å²) in [7, 11) is 3.63. The molecule has 10 heteroatoms. The molecule has 1 saturated carbocycles. The van der Waals surface area contributed by atoms with Gasteiger partial charge in [0.1, 0.15) is 6.17 Å². The Morgan fingerprint density at radius 1 is 1.32 bits per heavy atom. The second-order valence-electron chi connectivity index (χ2n) is 8.06. The molecule has 2 atom stereocenters. The first-order chi connectivity index (χ1) is 16.4. The summed E-state index contributed by atoms with van der Waals surface area (Å²) in [5, 5.41) is 13.0. The van der Waals surface area contributed by atoms with Crippen molar-refractivity contribution >= 4 is 35.0 Å².